The quantitative estimate of drug-likeness (QED) is 0.647. The van der Waals surface area contributed by atoms with Crippen LogP contribution in [0.5, 0.6) is 11.5 Å². The van der Waals surface area contributed by atoms with Crippen LogP contribution in [0.25, 0.3) is 0 Å². The normalized spacial score (nSPS) is 12.5. The van der Waals surface area contributed by atoms with Gasteiger partial charge in [0.25, 0.3) is 0 Å². The summed E-state index contributed by atoms with van der Waals surface area (Å²) in [6.45, 7) is 1.46. The molecule has 0 aliphatic heterocycles. The molecule has 158 valence electrons. The molecular formula is C20H25ClN2O5S. The second-order valence-electron chi connectivity index (χ2n) is 6.52. The summed E-state index contributed by atoms with van der Waals surface area (Å²) in [7, 11) is -0.544. The fourth-order valence-corrected chi connectivity index (χ4v) is 3.73. The summed E-state index contributed by atoms with van der Waals surface area (Å²) in [5.74, 6) is 0.771. The van der Waals surface area contributed by atoms with E-state index in [2.05, 4.69) is 5.32 Å². The number of carbonyl (C=O) groups excluding carboxylic acids is 1. The standard InChI is InChI=1S/C20H25ClN2O5S/c1-14(17-11-16(27-2)9-10-19(17)28-3)22-20(24)13-23(29(4,25)26)12-15-7-5-6-8-18(15)21/h5-11,14H,12-13H2,1-4H3,(H,22,24)/t14-/m1/s1. The Bertz CT molecular complexity index is 965. The highest BCUT2D eigenvalue weighted by Crippen LogP contribution is 2.29. The van der Waals surface area contributed by atoms with Crippen molar-refractivity contribution < 1.29 is 22.7 Å². The Kier molecular flexibility index (Phi) is 7.89. The van der Waals surface area contributed by atoms with Crippen molar-refractivity contribution in [2.24, 2.45) is 0 Å². The van der Waals surface area contributed by atoms with Crippen molar-refractivity contribution >= 4 is 27.5 Å². The zero-order chi connectivity index (χ0) is 21.6. The number of sulfonamides is 1. The first-order valence-corrected chi connectivity index (χ1v) is 11.1. The number of methoxy groups -OCH3 is 2. The van der Waals surface area contributed by atoms with Crippen molar-refractivity contribution in [2.75, 3.05) is 27.0 Å². The molecule has 0 radical (unpaired) electrons. The molecule has 0 aromatic heterocycles. The van der Waals surface area contributed by atoms with Gasteiger partial charge in [-0.15, -0.1) is 0 Å². The number of halogens is 1. The minimum absolute atomic E-state index is 0.00277. The summed E-state index contributed by atoms with van der Waals surface area (Å²) in [4.78, 5) is 12.6. The summed E-state index contributed by atoms with van der Waals surface area (Å²) >= 11 is 6.13. The molecule has 0 bridgehead atoms. The Morgan fingerprint density at radius 3 is 2.45 bits per heavy atom. The maximum absolute atomic E-state index is 12.6. The fourth-order valence-electron chi connectivity index (χ4n) is 2.81. The molecule has 2 aromatic carbocycles. The third-order valence-corrected chi connectivity index (χ3v) is 5.94. The molecule has 1 amide bonds. The van der Waals surface area contributed by atoms with Gasteiger partial charge in [0, 0.05) is 17.1 Å². The van der Waals surface area contributed by atoms with Crippen LogP contribution in [0.3, 0.4) is 0 Å². The van der Waals surface area contributed by atoms with Crippen LogP contribution < -0.4 is 14.8 Å². The van der Waals surface area contributed by atoms with E-state index in [1.54, 1.807) is 56.5 Å². The molecule has 0 fully saturated rings. The van der Waals surface area contributed by atoms with Gasteiger partial charge in [0.2, 0.25) is 15.9 Å². The van der Waals surface area contributed by atoms with Gasteiger partial charge in [0.1, 0.15) is 11.5 Å². The minimum atomic E-state index is -3.63. The lowest BCUT2D eigenvalue weighted by atomic mass is 10.1. The van der Waals surface area contributed by atoms with Crippen LogP contribution in [0.4, 0.5) is 0 Å². The van der Waals surface area contributed by atoms with E-state index in [9.17, 15) is 13.2 Å². The molecule has 0 heterocycles. The van der Waals surface area contributed by atoms with Crippen LogP contribution in [0.1, 0.15) is 24.1 Å². The molecule has 2 aromatic rings. The smallest absolute Gasteiger partial charge is 0.235 e. The van der Waals surface area contributed by atoms with Crippen molar-refractivity contribution in [1.29, 1.82) is 0 Å². The largest absolute Gasteiger partial charge is 0.497 e. The number of nitrogens with one attached hydrogen (secondary N) is 1. The van der Waals surface area contributed by atoms with E-state index in [0.29, 0.717) is 22.1 Å². The topological polar surface area (TPSA) is 84.9 Å². The summed E-state index contributed by atoms with van der Waals surface area (Å²) in [5.41, 5.74) is 1.34. The maximum Gasteiger partial charge on any atom is 0.235 e. The molecule has 0 saturated carbocycles. The Morgan fingerprint density at radius 1 is 1.17 bits per heavy atom. The average molecular weight is 441 g/mol. The minimum Gasteiger partial charge on any atom is -0.497 e. The van der Waals surface area contributed by atoms with Crippen molar-refractivity contribution in [3.63, 3.8) is 0 Å². The van der Waals surface area contributed by atoms with E-state index in [0.717, 1.165) is 16.1 Å². The van der Waals surface area contributed by atoms with E-state index in [1.807, 2.05) is 0 Å². The van der Waals surface area contributed by atoms with Gasteiger partial charge >= 0.3 is 0 Å². The number of hydrogen-bond acceptors (Lipinski definition) is 5. The summed E-state index contributed by atoms with van der Waals surface area (Å²) in [6.07, 6.45) is 1.06. The Hall–Kier alpha value is -2.29. The van der Waals surface area contributed by atoms with Crippen LogP contribution in [-0.2, 0) is 21.4 Å². The van der Waals surface area contributed by atoms with Crippen LogP contribution in [0.2, 0.25) is 5.02 Å². The molecule has 7 nitrogen and oxygen atoms in total. The molecule has 29 heavy (non-hydrogen) atoms. The first kappa shape index (κ1) is 23.0. The third kappa shape index (κ3) is 6.35. The molecule has 0 spiro atoms. The molecule has 1 N–H and O–H groups in total. The zero-order valence-corrected chi connectivity index (χ0v) is 18.4. The van der Waals surface area contributed by atoms with E-state index in [-0.39, 0.29) is 13.1 Å². The fraction of sp³-hybridized carbons (Fsp3) is 0.350. The molecule has 2 rings (SSSR count). The molecule has 1 atom stereocenters. The van der Waals surface area contributed by atoms with E-state index < -0.39 is 22.0 Å². The van der Waals surface area contributed by atoms with E-state index in [1.165, 1.54) is 7.11 Å². The highest BCUT2D eigenvalue weighted by atomic mass is 35.5. The van der Waals surface area contributed by atoms with Crippen LogP contribution in [0.15, 0.2) is 42.5 Å². The molecule has 0 aliphatic carbocycles. The van der Waals surface area contributed by atoms with Crippen molar-refractivity contribution in [3.05, 3.63) is 58.6 Å². The second-order valence-corrected chi connectivity index (χ2v) is 8.91. The number of amides is 1. The first-order valence-electron chi connectivity index (χ1n) is 8.85. The average Bonchev–Trinajstić information content (AvgIpc) is 2.67. The van der Waals surface area contributed by atoms with Crippen LogP contribution in [-0.4, -0.2) is 45.7 Å². The number of rotatable bonds is 9. The van der Waals surface area contributed by atoms with Gasteiger partial charge in [-0.2, -0.15) is 4.31 Å². The predicted molar refractivity (Wildman–Crippen MR) is 113 cm³/mol. The number of ether oxygens (including phenoxy) is 2. The van der Waals surface area contributed by atoms with Crippen molar-refractivity contribution in [2.45, 2.75) is 19.5 Å². The summed E-state index contributed by atoms with van der Waals surface area (Å²) in [5, 5.41) is 3.25. The lowest BCUT2D eigenvalue weighted by Gasteiger charge is -2.22. The number of benzene rings is 2. The van der Waals surface area contributed by atoms with Gasteiger partial charge in [-0.05, 0) is 36.8 Å². The van der Waals surface area contributed by atoms with Crippen molar-refractivity contribution in [3.8, 4) is 11.5 Å². The van der Waals surface area contributed by atoms with Crippen molar-refractivity contribution in [1.82, 2.24) is 9.62 Å². The number of carbonyl (C=O) groups is 1. The van der Waals surface area contributed by atoms with E-state index >= 15 is 0 Å². The Labute approximate surface area is 176 Å². The second kappa shape index (κ2) is 9.96. The summed E-state index contributed by atoms with van der Waals surface area (Å²) in [6, 6.07) is 11.8. The van der Waals surface area contributed by atoms with Gasteiger partial charge in [-0.1, -0.05) is 29.8 Å². The lowest BCUT2D eigenvalue weighted by Crippen LogP contribution is -2.40. The maximum atomic E-state index is 12.6. The first-order chi connectivity index (χ1) is 13.7. The van der Waals surface area contributed by atoms with Gasteiger partial charge in [-0.3, -0.25) is 4.79 Å². The highest BCUT2D eigenvalue weighted by molar-refractivity contribution is 7.88. The number of nitrogens with zero attached hydrogens (tertiary/aromatic N) is 1. The zero-order valence-electron chi connectivity index (χ0n) is 16.8. The van der Waals surface area contributed by atoms with Crippen LogP contribution in [0, 0.1) is 0 Å². The summed E-state index contributed by atoms with van der Waals surface area (Å²) < 4.78 is 36.0. The van der Waals surface area contributed by atoms with Gasteiger partial charge < -0.3 is 14.8 Å². The third-order valence-electron chi connectivity index (χ3n) is 4.37. The lowest BCUT2D eigenvalue weighted by molar-refractivity contribution is -0.122. The van der Waals surface area contributed by atoms with Crippen LogP contribution >= 0.6 is 11.6 Å². The molecule has 0 unspecified atom stereocenters. The molecule has 9 heteroatoms. The highest BCUT2D eigenvalue weighted by Gasteiger charge is 2.23. The molecule has 0 aliphatic rings. The Balaban J connectivity index is 2.15. The van der Waals surface area contributed by atoms with Gasteiger partial charge in [0.15, 0.2) is 0 Å². The van der Waals surface area contributed by atoms with Gasteiger partial charge in [0.05, 0.1) is 33.1 Å². The predicted octanol–water partition coefficient (Wildman–Crippen LogP) is 3.00. The molecular weight excluding hydrogens is 416 g/mol. The molecule has 0 saturated heterocycles. The Morgan fingerprint density at radius 2 is 1.86 bits per heavy atom. The number of hydrogen-bond donors (Lipinski definition) is 1. The SMILES string of the molecule is COc1ccc(OC)c([C@@H](C)NC(=O)CN(Cc2ccccc2Cl)S(C)(=O)=O)c1. The van der Waals surface area contributed by atoms with E-state index in [4.69, 9.17) is 21.1 Å². The monoisotopic (exact) mass is 440 g/mol. The van der Waals surface area contributed by atoms with Gasteiger partial charge in [-0.25, -0.2) is 8.42 Å².